The number of hydrogen-bond acceptors (Lipinski definition) is 6. The highest BCUT2D eigenvalue weighted by Crippen LogP contribution is 2.54. The molecule has 6 heteroatoms. The van der Waals surface area contributed by atoms with Gasteiger partial charge in [0.05, 0.1) is 34.1 Å². The average Bonchev–Trinajstić information content (AvgIpc) is 3.39. The lowest BCUT2D eigenvalue weighted by Crippen LogP contribution is -2.22. The molecule has 0 fully saturated rings. The van der Waals surface area contributed by atoms with Gasteiger partial charge >= 0.3 is 0 Å². The SMILES string of the molecule is Cc1c(N(c2ccccc2)c2cccc(-c3ccccn3)c2)c(C)c(N(c2ccccc2)c2cccc(-c3ccccn3)c2)c(C)c1N(c1ccccc1)c1cccc(-c2ccccn2)c1. The van der Waals surface area contributed by atoms with Crippen LogP contribution in [0.4, 0.5) is 51.2 Å². The van der Waals surface area contributed by atoms with Crippen LogP contribution in [0.1, 0.15) is 16.7 Å². The van der Waals surface area contributed by atoms with Crippen molar-refractivity contribution < 1.29 is 0 Å². The number of anilines is 9. The molecule has 3 aromatic heterocycles. The molecule has 66 heavy (non-hydrogen) atoms. The molecule has 0 radical (unpaired) electrons. The van der Waals surface area contributed by atoms with Gasteiger partial charge in [0.25, 0.3) is 0 Å². The number of benzene rings is 7. The fraction of sp³-hybridized carbons (Fsp3) is 0.0500. The highest BCUT2D eigenvalue weighted by Gasteiger charge is 2.31. The lowest BCUT2D eigenvalue weighted by atomic mass is 9.93. The maximum atomic E-state index is 4.77. The largest absolute Gasteiger partial charge is 0.310 e. The molecular formula is C60H48N6. The first kappa shape index (κ1) is 41.4. The maximum Gasteiger partial charge on any atom is 0.0702 e. The Labute approximate surface area is 387 Å². The van der Waals surface area contributed by atoms with Crippen LogP contribution in [0, 0.1) is 20.8 Å². The van der Waals surface area contributed by atoms with Crippen LogP contribution in [0.25, 0.3) is 33.8 Å². The second kappa shape index (κ2) is 18.6. The van der Waals surface area contributed by atoms with Crippen molar-refractivity contribution in [2.75, 3.05) is 14.7 Å². The first-order chi connectivity index (χ1) is 32.5. The van der Waals surface area contributed by atoms with Crippen molar-refractivity contribution in [3.8, 4) is 33.8 Å². The third-order valence-electron chi connectivity index (χ3n) is 12.0. The predicted octanol–water partition coefficient (Wildman–Crippen LogP) is 16.2. The molecule has 0 saturated heterocycles. The molecule has 0 aliphatic heterocycles. The van der Waals surface area contributed by atoms with Gasteiger partial charge in [-0.1, -0.05) is 109 Å². The summed E-state index contributed by atoms with van der Waals surface area (Å²) in [6.07, 6.45) is 5.56. The summed E-state index contributed by atoms with van der Waals surface area (Å²) in [5.74, 6) is 0. The Morgan fingerprint density at radius 3 is 0.773 bits per heavy atom. The predicted molar refractivity (Wildman–Crippen MR) is 274 cm³/mol. The number of nitrogens with zero attached hydrogens (tertiary/aromatic N) is 6. The van der Waals surface area contributed by atoms with Crippen LogP contribution in [0.3, 0.4) is 0 Å². The van der Waals surface area contributed by atoms with Crippen LogP contribution in [-0.4, -0.2) is 15.0 Å². The van der Waals surface area contributed by atoms with E-state index in [4.69, 9.17) is 15.0 Å². The fourth-order valence-electron chi connectivity index (χ4n) is 9.15. The number of rotatable bonds is 12. The summed E-state index contributed by atoms with van der Waals surface area (Å²) in [7, 11) is 0. The van der Waals surface area contributed by atoms with E-state index in [-0.39, 0.29) is 0 Å². The number of hydrogen-bond donors (Lipinski definition) is 0. The summed E-state index contributed by atoms with van der Waals surface area (Å²) in [6, 6.07) is 76.5. The Morgan fingerprint density at radius 1 is 0.258 bits per heavy atom. The molecule has 7 aromatic carbocycles. The maximum absolute atomic E-state index is 4.77. The molecule has 6 nitrogen and oxygen atoms in total. The molecule has 0 aliphatic rings. The first-order valence-electron chi connectivity index (χ1n) is 22.3. The number of aromatic nitrogens is 3. The van der Waals surface area contributed by atoms with E-state index >= 15 is 0 Å². The quantitative estimate of drug-likeness (QED) is 0.122. The number of para-hydroxylation sites is 3. The monoisotopic (exact) mass is 852 g/mol. The Bertz CT molecular complexity index is 2850. The number of pyridine rings is 3. The second-order valence-electron chi connectivity index (χ2n) is 16.2. The van der Waals surface area contributed by atoms with Crippen LogP contribution < -0.4 is 14.7 Å². The van der Waals surface area contributed by atoms with E-state index in [0.29, 0.717) is 0 Å². The highest BCUT2D eigenvalue weighted by molar-refractivity contribution is 5.98. The summed E-state index contributed by atoms with van der Waals surface area (Å²) in [5, 5.41) is 0. The van der Waals surface area contributed by atoms with Gasteiger partial charge in [-0.2, -0.15) is 0 Å². The van der Waals surface area contributed by atoms with E-state index in [2.05, 4.69) is 217 Å². The second-order valence-corrected chi connectivity index (χ2v) is 16.2. The van der Waals surface area contributed by atoms with Crippen LogP contribution >= 0.6 is 0 Å². The van der Waals surface area contributed by atoms with Gasteiger partial charge in [-0.05, 0) is 147 Å². The molecule has 0 saturated carbocycles. The fourth-order valence-corrected chi connectivity index (χ4v) is 9.15. The molecule has 10 rings (SSSR count). The molecule has 0 atom stereocenters. The van der Waals surface area contributed by atoms with Crippen molar-refractivity contribution in [3.63, 3.8) is 0 Å². The Kier molecular flexibility index (Phi) is 11.7. The van der Waals surface area contributed by atoms with Crippen molar-refractivity contribution >= 4 is 51.2 Å². The lowest BCUT2D eigenvalue weighted by Gasteiger charge is -2.38. The topological polar surface area (TPSA) is 48.4 Å². The zero-order chi connectivity index (χ0) is 44.8. The molecule has 0 spiro atoms. The Hall–Kier alpha value is -8.61. The minimum absolute atomic E-state index is 0.914. The smallest absolute Gasteiger partial charge is 0.0702 e. The zero-order valence-electron chi connectivity index (χ0n) is 37.2. The zero-order valence-corrected chi connectivity index (χ0v) is 37.2. The van der Waals surface area contributed by atoms with Gasteiger partial charge in [-0.3, -0.25) is 15.0 Å². The third-order valence-corrected chi connectivity index (χ3v) is 12.0. The molecule has 0 unspecified atom stereocenters. The van der Waals surface area contributed by atoms with Crippen LogP contribution in [0.5, 0.6) is 0 Å². The summed E-state index contributed by atoms with van der Waals surface area (Å²) >= 11 is 0. The van der Waals surface area contributed by atoms with Crippen molar-refractivity contribution in [2.45, 2.75) is 20.8 Å². The standard InChI is InChI=1S/C60H48N6/c1-43-58(64(49-25-7-4-8-26-49)52-31-19-22-46(40-52)55-34-13-16-37-61-55)44(2)60(66(51-29-11-6-12-30-51)54-33-21-24-48(42-54)57-36-15-18-39-63-57)45(3)59(43)65(50-27-9-5-10-28-50)53-32-20-23-47(41-53)56-35-14-17-38-62-56/h4-42H,1-3H3. The van der Waals surface area contributed by atoms with Gasteiger partial charge in [0.15, 0.2) is 0 Å². The Balaban J connectivity index is 1.31. The van der Waals surface area contributed by atoms with Gasteiger partial charge in [-0.25, -0.2) is 0 Å². The van der Waals surface area contributed by atoms with Gasteiger partial charge in [0.2, 0.25) is 0 Å². The van der Waals surface area contributed by atoms with E-state index in [1.165, 1.54) is 0 Å². The van der Waals surface area contributed by atoms with Crippen LogP contribution in [0.2, 0.25) is 0 Å². The molecule has 0 bridgehead atoms. The van der Waals surface area contributed by atoms with Crippen LogP contribution in [0.15, 0.2) is 237 Å². The van der Waals surface area contributed by atoms with E-state index in [0.717, 1.165) is 102 Å². The van der Waals surface area contributed by atoms with Crippen LogP contribution in [-0.2, 0) is 0 Å². The molecular weight excluding hydrogens is 805 g/mol. The Morgan fingerprint density at radius 2 is 0.515 bits per heavy atom. The molecule has 0 aliphatic carbocycles. The van der Waals surface area contributed by atoms with E-state index < -0.39 is 0 Å². The summed E-state index contributed by atoms with van der Waals surface area (Å²) in [4.78, 5) is 21.6. The van der Waals surface area contributed by atoms with Crippen molar-refractivity contribution in [1.29, 1.82) is 0 Å². The van der Waals surface area contributed by atoms with Gasteiger partial charge < -0.3 is 14.7 Å². The van der Waals surface area contributed by atoms with Gasteiger partial charge in [-0.15, -0.1) is 0 Å². The average molecular weight is 853 g/mol. The van der Waals surface area contributed by atoms with Crippen molar-refractivity contribution in [1.82, 2.24) is 15.0 Å². The van der Waals surface area contributed by atoms with Gasteiger partial charge in [0.1, 0.15) is 0 Å². The summed E-state index contributed by atoms with van der Waals surface area (Å²) in [5.41, 5.74) is 18.5. The minimum Gasteiger partial charge on any atom is -0.310 e. The molecule has 10 aromatic rings. The highest BCUT2D eigenvalue weighted by atomic mass is 15.2. The van der Waals surface area contributed by atoms with Crippen molar-refractivity contribution in [3.05, 3.63) is 254 Å². The summed E-state index contributed by atoms with van der Waals surface area (Å²) < 4.78 is 0. The first-order valence-corrected chi connectivity index (χ1v) is 22.3. The molecule has 3 heterocycles. The normalized spacial score (nSPS) is 11.0. The minimum atomic E-state index is 0.914. The van der Waals surface area contributed by atoms with E-state index in [9.17, 15) is 0 Å². The molecule has 0 amide bonds. The molecule has 318 valence electrons. The lowest BCUT2D eigenvalue weighted by molar-refractivity contribution is 1.13. The van der Waals surface area contributed by atoms with Gasteiger partial charge in [0, 0.05) is 69.4 Å². The molecule has 0 N–H and O–H groups in total. The van der Waals surface area contributed by atoms with Crippen molar-refractivity contribution in [2.24, 2.45) is 0 Å². The van der Waals surface area contributed by atoms with E-state index in [1.54, 1.807) is 0 Å². The summed E-state index contributed by atoms with van der Waals surface area (Å²) in [6.45, 7) is 6.83. The third kappa shape index (κ3) is 8.20. The van der Waals surface area contributed by atoms with E-state index in [1.807, 2.05) is 55.0 Å².